The maximum Gasteiger partial charge on any atom is 0.203 e. The highest BCUT2D eigenvalue weighted by atomic mass is 19.1. The SMILES string of the molecule is COc1cc(/C=C/C(=O)c2cnn(-c3ccc(F)cc3)c2C)cc(OC)c1OC. The second-order valence-corrected chi connectivity index (χ2v) is 6.19. The number of hydrogen-bond acceptors (Lipinski definition) is 5. The van der Waals surface area contributed by atoms with E-state index in [0.717, 1.165) is 5.56 Å². The van der Waals surface area contributed by atoms with Crippen LogP contribution in [0.15, 0.2) is 48.7 Å². The predicted molar refractivity (Wildman–Crippen MR) is 108 cm³/mol. The Morgan fingerprint density at radius 1 is 1.03 bits per heavy atom. The van der Waals surface area contributed by atoms with Crippen LogP contribution in [-0.2, 0) is 0 Å². The Morgan fingerprint density at radius 2 is 1.66 bits per heavy atom. The van der Waals surface area contributed by atoms with E-state index in [9.17, 15) is 9.18 Å². The van der Waals surface area contributed by atoms with Crippen LogP contribution in [-0.4, -0.2) is 36.9 Å². The van der Waals surface area contributed by atoms with Gasteiger partial charge in [-0.05, 0) is 55.0 Å². The van der Waals surface area contributed by atoms with Crippen molar-refractivity contribution in [2.45, 2.75) is 6.92 Å². The molecule has 0 aliphatic rings. The van der Waals surface area contributed by atoms with Gasteiger partial charge in [0.25, 0.3) is 0 Å². The number of carbonyl (C=O) groups is 1. The lowest BCUT2D eigenvalue weighted by atomic mass is 10.1. The van der Waals surface area contributed by atoms with E-state index in [1.165, 1.54) is 45.7 Å². The smallest absolute Gasteiger partial charge is 0.203 e. The molecule has 0 atom stereocenters. The van der Waals surface area contributed by atoms with E-state index >= 15 is 0 Å². The Morgan fingerprint density at radius 3 is 2.21 bits per heavy atom. The first-order valence-corrected chi connectivity index (χ1v) is 8.81. The highest BCUT2D eigenvalue weighted by molar-refractivity contribution is 6.07. The molecule has 6 nitrogen and oxygen atoms in total. The van der Waals surface area contributed by atoms with Crippen molar-refractivity contribution >= 4 is 11.9 Å². The molecule has 7 heteroatoms. The first-order chi connectivity index (χ1) is 14.0. The number of ether oxygens (including phenoxy) is 3. The standard InChI is InChI=1S/C22H21FN2O4/c1-14-18(13-24-25(14)17-8-6-16(23)7-9-17)19(26)10-5-15-11-20(27-2)22(29-4)21(12-15)28-3/h5-13H,1-4H3/b10-5+. The molecule has 1 heterocycles. The first kappa shape index (κ1) is 20.1. The summed E-state index contributed by atoms with van der Waals surface area (Å²) in [6.45, 7) is 1.79. The average molecular weight is 396 g/mol. The number of ketones is 1. The van der Waals surface area contributed by atoms with Crippen molar-refractivity contribution in [2.24, 2.45) is 0 Å². The Kier molecular flexibility index (Phi) is 5.97. The van der Waals surface area contributed by atoms with Gasteiger partial charge in [0.15, 0.2) is 17.3 Å². The summed E-state index contributed by atoms with van der Waals surface area (Å²) < 4.78 is 30.7. The van der Waals surface area contributed by atoms with E-state index in [2.05, 4.69) is 5.10 Å². The molecule has 0 aliphatic heterocycles. The molecule has 0 spiro atoms. The second-order valence-electron chi connectivity index (χ2n) is 6.19. The normalized spacial score (nSPS) is 10.9. The van der Waals surface area contributed by atoms with Gasteiger partial charge in [0.05, 0.1) is 44.5 Å². The number of methoxy groups -OCH3 is 3. The molecule has 0 aliphatic carbocycles. The summed E-state index contributed by atoms with van der Waals surface area (Å²) in [5.74, 6) is 0.946. The van der Waals surface area contributed by atoms with Crippen molar-refractivity contribution in [3.8, 4) is 22.9 Å². The Balaban J connectivity index is 1.87. The molecule has 0 saturated carbocycles. The van der Waals surface area contributed by atoms with Crippen molar-refractivity contribution in [3.63, 3.8) is 0 Å². The lowest BCUT2D eigenvalue weighted by Crippen LogP contribution is -2.01. The highest BCUT2D eigenvalue weighted by Crippen LogP contribution is 2.38. The van der Waals surface area contributed by atoms with Crippen LogP contribution >= 0.6 is 0 Å². The van der Waals surface area contributed by atoms with Crippen molar-refractivity contribution in [3.05, 3.63) is 71.3 Å². The fourth-order valence-electron chi connectivity index (χ4n) is 2.95. The quantitative estimate of drug-likeness (QED) is 0.442. The van der Waals surface area contributed by atoms with E-state index in [0.29, 0.717) is 34.2 Å². The van der Waals surface area contributed by atoms with Crippen LogP contribution in [0.25, 0.3) is 11.8 Å². The third kappa shape index (κ3) is 4.13. The van der Waals surface area contributed by atoms with E-state index in [1.807, 2.05) is 0 Å². The van der Waals surface area contributed by atoms with Gasteiger partial charge in [-0.25, -0.2) is 9.07 Å². The van der Waals surface area contributed by atoms with Crippen LogP contribution in [0.3, 0.4) is 0 Å². The van der Waals surface area contributed by atoms with Crippen LogP contribution in [0.1, 0.15) is 21.6 Å². The van der Waals surface area contributed by atoms with E-state index in [-0.39, 0.29) is 11.6 Å². The van der Waals surface area contributed by atoms with Crippen molar-refractivity contribution < 1.29 is 23.4 Å². The molecule has 150 valence electrons. The minimum Gasteiger partial charge on any atom is -0.493 e. The topological polar surface area (TPSA) is 62.6 Å². The maximum atomic E-state index is 13.1. The number of benzene rings is 2. The van der Waals surface area contributed by atoms with Crippen LogP contribution < -0.4 is 14.2 Å². The zero-order valence-corrected chi connectivity index (χ0v) is 16.6. The summed E-state index contributed by atoms with van der Waals surface area (Å²) in [7, 11) is 4.59. The molecular formula is C22H21FN2O4. The van der Waals surface area contributed by atoms with Gasteiger partial charge in [0.1, 0.15) is 5.82 Å². The number of halogens is 1. The van der Waals surface area contributed by atoms with Gasteiger partial charge in [-0.3, -0.25) is 4.79 Å². The first-order valence-electron chi connectivity index (χ1n) is 8.81. The summed E-state index contributed by atoms with van der Waals surface area (Å²) >= 11 is 0. The maximum absolute atomic E-state index is 13.1. The molecule has 3 aromatic rings. The fraction of sp³-hybridized carbons (Fsp3) is 0.182. The molecule has 0 saturated heterocycles. The molecule has 0 unspecified atom stereocenters. The number of carbonyl (C=O) groups excluding carboxylic acids is 1. The van der Waals surface area contributed by atoms with Gasteiger partial charge in [0, 0.05) is 0 Å². The zero-order valence-electron chi connectivity index (χ0n) is 16.6. The number of hydrogen-bond donors (Lipinski definition) is 0. The number of rotatable bonds is 7. The van der Waals surface area contributed by atoms with Crippen molar-refractivity contribution in [2.75, 3.05) is 21.3 Å². The molecule has 0 amide bonds. The van der Waals surface area contributed by atoms with Gasteiger partial charge in [0.2, 0.25) is 5.75 Å². The summed E-state index contributed by atoms with van der Waals surface area (Å²) in [4.78, 5) is 12.7. The molecule has 2 aromatic carbocycles. The van der Waals surface area contributed by atoms with Gasteiger partial charge in [-0.2, -0.15) is 5.10 Å². The van der Waals surface area contributed by atoms with Crippen molar-refractivity contribution in [1.82, 2.24) is 9.78 Å². The van der Waals surface area contributed by atoms with E-state index < -0.39 is 0 Å². The van der Waals surface area contributed by atoms with E-state index in [4.69, 9.17) is 14.2 Å². The Labute approximate surface area is 168 Å². The minimum atomic E-state index is -0.330. The van der Waals surface area contributed by atoms with Crippen LogP contribution in [0, 0.1) is 12.7 Å². The summed E-state index contributed by atoms with van der Waals surface area (Å²) in [6, 6.07) is 9.41. The van der Waals surface area contributed by atoms with E-state index in [1.54, 1.807) is 41.9 Å². The molecule has 29 heavy (non-hydrogen) atoms. The summed E-state index contributed by atoms with van der Waals surface area (Å²) in [5.41, 5.74) is 2.52. The average Bonchev–Trinajstić information content (AvgIpc) is 3.13. The number of nitrogens with zero attached hydrogens (tertiary/aromatic N) is 2. The van der Waals surface area contributed by atoms with Gasteiger partial charge >= 0.3 is 0 Å². The monoisotopic (exact) mass is 396 g/mol. The van der Waals surface area contributed by atoms with Crippen LogP contribution in [0.5, 0.6) is 17.2 Å². The fourth-order valence-corrected chi connectivity index (χ4v) is 2.95. The third-order valence-electron chi connectivity index (χ3n) is 4.46. The van der Waals surface area contributed by atoms with Gasteiger partial charge in [-0.1, -0.05) is 6.08 Å². The Hall–Kier alpha value is -3.61. The zero-order chi connectivity index (χ0) is 21.0. The molecular weight excluding hydrogens is 375 g/mol. The third-order valence-corrected chi connectivity index (χ3v) is 4.46. The van der Waals surface area contributed by atoms with Crippen LogP contribution in [0.4, 0.5) is 4.39 Å². The van der Waals surface area contributed by atoms with Crippen LogP contribution in [0.2, 0.25) is 0 Å². The summed E-state index contributed by atoms with van der Waals surface area (Å²) in [6.07, 6.45) is 4.63. The molecule has 0 bridgehead atoms. The van der Waals surface area contributed by atoms with Gasteiger partial charge in [-0.15, -0.1) is 0 Å². The summed E-state index contributed by atoms with van der Waals surface area (Å²) in [5, 5.41) is 4.25. The lowest BCUT2D eigenvalue weighted by molar-refractivity contribution is 0.104. The Bertz CT molecular complexity index is 1030. The predicted octanol–water partition coefficient (Wildman–Crippen LogP) is 4.24. The lowest BCUT2D eigenvalue weighted by Gasteiger charge is -2.12. The molecule has 1 aromatic heterocycles. The minimum absolute atomic E-state index is 0.204. The molecule has 3 rings (SSSR count). The van der Waals surface area contributed by atoms with Crippen molar-refractivity contribution in [1.29, 1.82) is 0 Å². The molecule has 0 fully saturated rings. The highest BCUT2D eigenvalue weighted by Gasteiger charge is 2.15. The second kappa shape index (κ2) is 8.60. The van der Waals surface area contributed by atoms with Gasteiger partial charge < -0.3 is 14.2 Å². The number of allylic oxidation sites excluding steroid dienone is 1. The molecule has 0 N–H and O–H groups in total. The molecule has 0 radical (unpaired) electrons. The largest absolute Gasteiger partial charge is 0.493 e. The number of aromatic nitrogens is 2.